The number of nitrogens with one attached hydrogen (secondary N) is 1. The van der Waals surface area contributed by atoms with Crippen LogP contribution in [0.25, 0.3) is 22.1 Å². The molecule has 3 heterocycles. The summed E-state index contributed by atoms with van der Waals surface area (Å²) in [6, 6.07) is 7.13. The summed E-state index contributed by atoms with van der Waals surface area (Å²) in [5, 5.41) is 11.3. The maximum Gasteiger partial charge on any atom is 0.343 e. The van der Waals surface area contributed by atoms with Crippen molar-refractivity contribution in [2.24, 2.45) is 7.05 Å². The highest BCUT2D eigenvalue weighted by Crippen LogP contribution is 2.34. The van der Waals surface area contributed by atoms with Crippen LogP contribution in [0.2, 0.25) is 0 Å². The maximum atomic E-state index is 14.8. The SMILES string of the molecule is Cc1cc(Nc2ncnc3cnc([S+](C)[O-])nc23)ccc1Oc1cc2nnn(C)c2c(F)c1C. The molecule has 10 nitrogen and oxygen atoms in total. The lowest BCUT2D eigenvalue weighted by Crippen LogP contribution is -2.06. The van der Waals surface area contributed by atoms with Gasteiger partial charge in [0.05, 0.1) is 6.20 Å². The molecule has 0 aliphatic heterocycles. The Morgan fingerprint density at radius 2 is 1.91 bits per heavy atom. The quantitative estimate of drug-likeness (QED) is 0.297. The predicted octanol–water partition coefficient (Wildman–Crippen LogP) is 3.73. The van der Waals surface area contributed by atoms with Crippen molar-refractivity contribution in [3.05, 3.63) is 53.7 Å². The first kappa shape index (κ1) is 21.9. The maximum absolute atomic E-state index is 14.8. The van der Waals surface area contributed by atoms with Crippen molar-refractivity contribution in [2.75, 3.05) is 11.6 Å². The molecule has 2 aromatic carbocycles. The second-order valence-electron chi connectivity index (χ2n) is 7.66. The largest absolute Gasteiger partial charge is 0.609 e. The molecule has 1 unspecified atom stereocenters. The van der Waals surface area contributed by atoms with Crippen LogP contribution in [0.3, 0.4) is 0 Å². The van der Waals surface area contributed by atoms with Crippen LogP contribution in [-0.2, 0) is 18.2 Å². The number of benzene rings is 2. The van der Waals surface area contributed by atoms with Crippen molar-refractivity contribution in [3.63, 3.8) is 0 Å². The van der Waals surface area contributed by atoms with Gasteiger partial charge < -0.3 is 14.6 Å². The molecule has 3 aromatic heterocycles. The van der Waals surface area contributed by atoms with Gasteiger partial charge in [0.2, 0.25) is 0 Å². The van der Waals surface area contributed by atoms with E-state index < -0.39 is 17.0 Å². The summed E-state index contributed by atoms with van der Waals surface area (Å²) in [7, 11) is 1.64. The van der Waals surface area contributed by atoms with Crippen molar-refractivity contribution < 1.29 is 13.7 Å². The Labute approximate surface area is 196 Å². The standard InChI is InChI=1S/C22H19FN8O2S/c1-11-7-13(27-21-19-15(25-10-26-21)9-24-22(28-19)34(4)32)5-6-16(11)33-17-8-14-20(18(23)12(17)2)31(3)30-29-14/h5-10H,1-4H3,(H,25,26,27). The summed E-state index contributed by atoms with van der Waals surface area (Å²) in [5.41, 5.74) is 3.65. The Bertz CT molecular complexity index is 1560. The van der Waals surface area contributed by atoms with E-state index in [2.05, 4.69) is 35.6 Å². The van der Waals surface area contributed by atoms with Crippen molar-refractivity contribution in [2.45, 2.75) is 19.0 Å². The molecule has 0 radical (unpaired) electrons. The van der Waals surface area contributed by atoms with Crippen LogP contribution in [0.15, 0.2) is 41.9 Å². The number of anilines is 2. The first-order valence-corrected chi connectivity index (χ1v) is 11.7. The van der Waals surface area contributed by atoms with E-state index in [1.54, 1.807) is 26.1 Å². The molecule has 5 aromatic rings. The molecule has 1 atom stereocenters. The fourth-order valence-electron chi connectivity index (χ4n) is 3.51. The zero-order valence-corrected chi connectivity index (χ0v) is 19.5. The van der Waals surface area contributed by atoms with Gasteiger partial charge in [-0.3, -0.25) is 0 Å². The fraction of sp³-hybridized carbons (Fsp3) is 0.182. The fourth-order valence-corrected chi connectivity index (χ4v) is 3.93. The molecule has 0 saturated carbocycles. The lowest BCUT2D eigenvalue weighted by Gasteiger charge is -2.14. The van der Waals surface area contributed by atoms with Crippen LogP contribution < -0.4 is 10.1 Å². The number of rotatable bonds is 5. The Morgan fingerprint density at radius 1 is 1.09 bits per heavy atom. The Morgan fingerprint density at radius 3 is 2.68 bits per heavy atom. The highest BCUT2D eigenvalue weighted by atomic mass is 32.2. The van der Waals surface area contributed by atoms with Crippen LogP contribution in [0, 0.1) is 19.7 Å². The minimum Gasteiger partial charge on any atom is -0.609 e. The third-order valence-corrected chi connectivity index (χ3v) is 6.01. The first-order chi connectivity index (χ1) is 16.3. The molecular formula is C22H19FN8O2S. The zero-order valence-electron chi connectivity index (χ0n) is 18.7. The van der Waals surface area contributed by atoms with Crippen LogP contribution >= 0.6 is 0 Å². The summed E-state index contributed by atoms with van der Waals surface area (Å²) >= 11 is -1.34. The van der Waals surface area contributed by atoms with E-state index in [4.69, 9.17) is 4.74 Å². The van der Waals surface area contributed by atoms with Crippen molar-refractivity contribution in [3.8, 4) is 11.5 Å². The number of fused-ring (bicyclic) bond motifs is 2. The highest BCUT2D eigenvalue weighted by molar-refractivity contribution is 7.90. The molecule has 12 heteroatoms. The zero-order chi connectivity index (χ0) is 24.0. The monoisotopic (exact) mass is 478 g/mol. The van der Waals surface area contributed by atoms with Gasteiger partial charge in [-0.1, -0.05) is 5.21 Å². The first-order valence-electron chi connectivity index (χ1n) is 10.2. The van der Waals surface area contributed by atoms with Crippen molar-refractivity contribution in [1.29, 1.82) is 0 Å². The number of hydrogen-bond acceptors (Lipinski definition) is 9. The minimum absolute atomic E-state index is 0.202. The number of aryl methyl sites for hydroxylation is 2. The van der Waals surface area contributed by atoms with E-state index in [0.29, 0.717) is 44.9 Å². The molecule has 34 heavy (non-hydrogen) atoms. The van der Waals surface area contributed by atoms with Gasteiger partial charge in [-0.15, -0.1) is 5.10 Å². The molecule has 172 valence electrons. The Balaban J connectivity index is 1.45. The third-order valence-electron chi connectivity index (χ3n) is 5.30. The lowest BCUT2D eigenvalue weighted by molar-refractivity contribution is 0.469. The van der Waals surface area contributed by atoms with Gasteiger partial charge in [0.25, 0.3) is 0 Å². The Hall–Kier alpha value is -3.90. The number of ether oxygens (including phenoxy) is 1. The average molecular weight is 479 g/mol. The van der Waals surface area contributed by atoms with Crippen LogP contribution in [0.5, 0.6) is 11.5 Å². The van der Waals surface area contributed by atoms with E-state index in [0.717, 1.165) is 11.3 Å². The second kappa shape index (κ2) is 8.47. The third kappa shape index (κ3) is 3.86. The molecule has 0 aliphatic carbocycles. The molecule has 5 rings (SSSR count). The van der Waals surface area contributed by atoms with Crippen molar-refractivity contribution >= 4 is 44.7 Å². The average Bonchev–Trinajstić information content (AvgIpc) is 3.19. The summed E-state index contributed by atoms with van der Waals surface area (Å²) < 4.78 is 34.1. The van der Waals surface area contributed by atoms with E-state index in [1.165, 1.54) is 23.5 Å². The Kier molecular flexibility index (Phi) is 5.46. The minimum atomic E-state index is -1.34. The van der Waals surface area contributed by atoms with Gasteiger partial charge in [0.1, 0.15) is 46.1 Å². The van der Waals surface area contributed by atoms with Gasteiger partial charge in [-0.2, -0.15) is 9.97 Å². The van der Waals surface area contributed by atoms with E-state index in [9.17, 15) is 8.94 Å². The highest BCUT2D eigenvalue weighted by Gasteiger charge is 2.17. The summed E-state index contributed by atoms with van der Waals surface area (Å²) in [5.74, 6) is 0.974. The normalized spacial score (nSPS) is 12.3. The van der Waals surface area contributed by atoms with Crippen LogP contribution in [0.1, 0.15) is 11.1 Å². The molecule has 0 saturated heterocycles. The number of aromatic nitrogens is 7. The molecule has 1 N–H and O–H groups in total. The van der Waals surface area contributed by atoms with Gasteiger partial charge in [-0.25, -0.2) is 19.0 Å². The van der Waals surface area contributed by atoms with Crippen LogP contribution in [0.4, 0.5) is 15.9 Å². The predicted molar refractivity (Wildman–Crippen MR) is 125 cm³/mol. The molecular weight excluding hydrogens is 459 g/mol. The summed E-state index contributed by atoms with van der Waals surface area (Å²) in [6.07, 6.45) is 4.43. The molecule has 0 bridgehead atoms. The van der Waals surface area contributed by atoms with E-state index >= 15 is 0 Å². The lowest BCUT2D eigenvalue weighted by atomic mass is 10.1. The smallest absolute Gasteiger partial charge is 0.343 e. The van der Waals surface area contributed by atoms with Gasteiger partial charge in [0.15, 0.2) is 11.6 Å². The van der Waals surface area contributed by atoms with Gasteiger partial charge >= 0.3 is 5.16 Å². The molecule has 0 amide bonds. The van der Waals surface area contributed by atoms with Crippen LogP contribution in [-0.4, -0.2) is 45.7 Å². The van der Waals surface area contributed by atoms with Gasteiger partial charge in [0, 0.05) is 35.5 Å². The second-order valence-corrected chi connectivity index (χ2v) is 8.94. The molecule has 0 spiro atoms. The number of halogens is 1. The number of hydrogen-bond donors (Lipinski definition) is 1. The number of nitrogens with zero attached hydrogens (tertiary/aromatic N) is 7. The summed E-state index contributed by atoms with van der Waals surface area (Å²) in [6.45, 7) is 3.54. The van der Waals surface area contributed by atoms with Crippen molar-refractivity contribution in [1.82, 2.24) is 34.9 Å². The molecule has 0 fully saturated rings. The van der Waals surface area contributed by atoms with E-state index in [1.807, 2.05) is 19.1 Å². The summed E-state index contributed by atoms with van der Waals surface area (Å²) in [4.78, 5) is 16.9. The van der Waals surface area contributed by atoms with Gasteiger partial charge in [-0.05, 0) is 37.6 Å². The topological polar surface area (TPSA) is 127 Å². The molecule has 0 aliphatic rings. The van der Waals surface area contributed by atoms with E-state index in [-0.39, 0.29) is 5.16 Å².